The van der Waals surface area contributed by atoms with Crippen LogP contribution in [0.4, 0.5) is 0 Å². The molecule has 2 aromatic rings. The van der Waals surface area contributed by atoms with E-state index in [0.29, 0.717) is 6.04 Å². The quantitative estimate of drug-likeness (QED) is 0.942. The van der Waals surface area contributed by atoms with Crippen LogP contribution in [0.3, 0.4) is 0 Å². The summed E-state index contributed by atoms with van der Waals surface area (Å²) >= 11 is 4.85. The van der Waals surface area contributed by atoms with Crippen LogP contribution in [0.2, 0.25) is 0 Å². The van der Waals surface area contributed by atoms with Gasteiger partial charge in [-0.25, -0.2) is 0 Å². The van der Waals surface area contributed by atoms with Crippen LogP contribution >= 0.6 is 27.5 Å². The van der Waals surface area contributed by atoms with Crippen molar-refractivity contribution in [1.29, 1.82) is 0 Å². The summed E-state index contributed by atoms with van der Waals surface area (Å²) in [5, 5.41) is 9.37. The Kier molecular flexibility index (Phi) is 4.04. The van der Waals surface area contributed by atoms with E-state index in [4.69, 9.17) is 0 Å². The van der Waals surface area contributed by atoms with Crippen molar-refractivity contribution >= 4 is 27.5 Å². The van der Waals surface area contributed by atoms with E-state index in [0.717, 1.165) is 16.7 Å². The zero-order chi connectivity index (χ0) is 11.4. The highest BCUT2D eigenvalue weighted by atomic mass is 79.9. The monoisotopic (exact) mass is 297 g/mol. The van der Waals surface area contributed by atoms with Crippen molar-refractivity contribution in [3.63, 3.8) is 0 Å². The van der Waals surface area contributed by atoms with Gasteiger partial charge in [0.1, 0.15) is 0 Å². The number of halogens is 1. The molecule has 5 heteroatoms. The van der Waals surface area contributed by atoms with E-state index >= 15 is 0 Å². The van der Waals surface area contributed by atoms with E-state index in [9.17, 15) is 0 Å². The van der Waals surface area contributed by atoms with E-state index in [2.05, 4.69) is 49.9 Å². The minimum Gasteiger partial charge on any atom is -0.304 e. The van der Waals surface area contributed by atoms with Crippen molar-refractivity contribution in [2.75, 3.05) is 0 Å². The molecule has 0 aliphatic rings. The number of hydrogen-bond acceptors (Lipinski definition) is 4. The fourth-order valence-electron chi connectivity index (χ4n) is 1.41. The second-order valence-corrected chi connectivity index (χ2v) is 5.08. The normalized spacial score (nSPS) is 12.6. The summed E-state index contributed by atoms with van der Waals surface area (Å²) in [7, 11) is 0. The van der Waals surface area contributed by atoms with Crippen LogP contribution in [-0.2, 0) is 6.54 Å². The van der Waals surface area contributed by atoms with Crippen LogP contribution in [0.15, 0.2) is 34.1 Å². The maximum absolute atomic E-state index is 4.00. The molecule has 1 aromatic heterocycles. The van der Waals surface area contributed by atoms with E-state index in [-0.39, 0.29) is 0 Å². The van der Waals surface area contributed by atoms with Gasteiger partial charge in [-0.1, -0.05) is 32.6 Å². The summed E-state index contributed by atoms with van der Waals surface area (Å²) in [6.07, 6.45) is 0. The predicted molar refractivity (Wildman–Crippen MR) is 69.3 cm³/mol. The lowest BCUT2D eigenvalue weighted by Gasteiger charge is -2.13. The molecule has 1 aromatic carbocycles. The van der Waals surface area contributed by atoms with Gasteiger partial charge in [0.15, 0.2) is 0 Å². The molecule has 0 spiro atoms. The fraction of sp³-hybridized carbons (Fsp3) is 0.273. The molecule has 1 heterocycles. The molecule has 0 saturated heterocycles. The van der Waals surface area contributed by atoms with E-state index in [1.54, 1.807) is 0 Å². The maximum Gasteiger partial charge on any atom is 0.0893 e. The summed E-state index contributed by atoms with van der Waals surface area (Å²) in [5.74, 6) is 0. The molecular formula is C11H12BrN3S. The first kappa shape index (κ1) is 11.7. The highest BCUT2D eigenvalue weighted by Crippen LogP contribution is 2.18. The standard InChI is InChI=1S/C11H12BrN3S/c1-8(9-3-2-4-10(12)5-9)13-6-11-7-16-15-14-11/h2-5,7-8,13H,6H2,1H3/t8-/m1/s1. The van der Waals surface area contributed by atoms with Gasteiger partial charge in [0.2, 0.25) is 0 Å². The molecule has 0 aliphatic heterocycles. The highest BCUT2D eigenvalue weighted by Gasteiger charge is 2.05. The Morgan fingerprint density at radius 3 is 3.06 bits per heavy atom. The van der Waals surface area contributed by atoms with Crippen molar-refractivity contribution in [3.8, 4) is 0 Å². The van der Waals surface area contributed by atoms with Crippen LogP contribution in [0.25, 0.3) is 0 Å². The number of benzene rings is 1. The summed E-state index contributed by atoms with van der Waals surface area (Å²) in [5.41, 5.74) is 2.25. The fourth-order valence-corrected chi connectivity index (χ4v) is 2.28. The smallest absolute Gasteiger partial charge is 0.0893 e. The molecule has 16 heavy (non-hydrogen) atoms. The molecule has 0 amide bonds. The summed E-state index contributed by atoms with van der Waals surface area (Å²) in [4.78, 5) is 0. The van der Waals surface area contributed by atoms with Gasteiger partial charge in [-0.05, 0) is 36.2 Å². The molecule has 0 radical (unpaired) electrons. The molecule has 0 unspecified atom stereocenters. The minimum atomic E-state index is 0.305. The van der Waals surface area contributed by atoms with Crippen LogP contribution in [-0.4, -0.2) is 9.59 Å². The molecule has 1 N–H and O–H groups in total. The van der Waals surface area contributed by atoms with Crippen molar-refractivity contribution in [2.45, 2.75) is 19.5 Å². The lowest BCUT2D eigenvalue weighted by molar-refractivity contribution is 0.567. The second-order valence-electron chi connectivity index (χ2n) is 3.55. The van der Waals surface area contributed by atoms with Crippen molar-refractivity contribution < 1.29 is 0 Å². The van der Waals surface area contributed by atoms with Crippen LogP contribution in [0.5, 0.6) is 0 Å². The molecule has 3 nitrogen and oxygen atoms in total. The van der Waals surface area contributed by atoms with Gasteiger partial charge < -0.3 is 5.32 Å². The molecule has 0 aliphatic carbocycles. The van der Waals surface area contributed by atoms with Gasteiger partial charge in [-0.3, -0.25) is 0 Å². The van der Waals surface area contributed by atoms with E-state index in [1.165, 1.54) is 17.1 Å². The zero-order valence-corrected chi connectivity index (χ0v) is 11.3. The average molecular weight is 298 g/mol. The molecule has 0 saturated carbocycles. The third-order valence-electron chi connectivity index (χ3n) is 2.34. The lowest BCUT2D eigenvalue weighted by atomic mass is 10.1. The summed E-state index contributed by atoms with van der Waals surface area (Å²) in [6.45, 7) is 2.89. The van der Waals surface area contributed by atoms with Gasteiger partial charge >= 0.3 is 0 Å². The highest BCUT2D eigenvalue weighted by molar-refractivity contribution is 9.10. The maximum atomic E-state index is 4.00. The van der Waals surface area contributed by atoms with Gasteiger partial charge in [-0.2, -0.15) is 0 Å². The van der Waals surface area contributed by atoms with Gasteiger partial charge in [0, 0.05) is 22.4 Å². The lowest BCUT2D eigenvalue weighted by Crippen LogP contribution is -2.18. The summed E-state index contributed by atoms with van der Waals surface area (Å²) < 4.78 is 4.94. The zero-order valence-electron chi connectivity index (χ0n) is 8.85. The van der Waals surface area contributed by atoms with Gasteiger partial charge in [0.05, 0.1) is 5.69 Å². The first-order chi connectivity index (χ1) is 7.75. The van der Waals surface area contributed by atoms with Crippen molar-refractivity contribution in [1.82, 2.24) is 14.9 Å². The Morgan fingerprint density at radius 1 is 1.50 bits per heavy atom. The van der Waals surface area contributed by atoms with Crippen LogP contribution < -0.4 is 5.32 Å². The van der Waals surface area contributed by atoms with Crippen LogP contribution in [0, 0.1) is 0 Å². The van der Waals surface area contributed by atoms with E-state index in [1.807, 2.05) is 17.5 Å². The minimum absolute atomic E-state index is 0.305. The topological polar surface area (TPSA) is 37.8 Å². The van der Waals surface area contributed by atoms with Crippen LogP contribution in [0.1, 0.15) is 24.2 Å². The molecule has 0 bridgehead atoms. The number of aromatic nitrogens is 2. The number of rotatable bonds is 4. The Bertz CT molecular complexity index is 444. The largest absolute Gasteiger partial charge is 0.304 e. The average Bonchev–Trinajstić information content (AvgIpc) is 2.78. The molecule has 1 atom stereocenters. The number of nitrogens with zero attached hydrogens (tertiary/aromatic N) is 2. The molecule has 0 fully saturated rings. The molecule has 84 valence electrons. The predicted octanol–water partition coefficient (Wildman–Crippen LogP) is 3.15. The first-order valence-corrected chi connectivity index (χ1v) is 6.63. The number of hydrogen-bond donors (Lipinski definition) is 1. The SMILES string of the molecule is C[C@@H](NCc1csnn1)c1cccc(Br)c1. The number of nitrogens with one attached hydrogen (secondary N) is 1. The van der Waals surface area contributed by atoms with Gasteiger partial charge in [-0.15, -0.1) is 5.10 Å². The second kappa shape index (κ2) is 5.52. The Balaban J connectivity index is 1.95. The van der Waals surface area contributed by atoms with E-state index < -0.39 is 0 Å². The summed E-state index contributed by atoms with van der Waals surface area (Å²) in [6, 6.07) is 8.61. The van der Waals surface area contributed by atoms with Crippen molar-refractivity contribution in [2.24, 2.45) is 0 Å². The third-order valence-corrected chi connectivity index (χ3v) is 3.39. The van der Waals surface area contributed by atoms with Crippen molar-refractivity contribution in [3.05, 3.63) is 45.4 Å². The first-order valence-electron chi connectivity index (χ1n) is 5.00. The third kappa shape index (κ3) is 3.10. The Morgan fingerprint density at radius 2 is 2.38 bits per heavy atom. The Labute approximate surface area is 107 Å². The van der Waals surface area contributed by atoms with Gasteiger partial charge in [0.25, 0.3) is 0 Å². The molecule has 2 rings (SSSR count). The Hall–Kier alpha value is -0.780. The molecular weight excluding hydrogens is 286 g/mol.